The van der Waals surface area contributed by atoms with Gasteiger partial charge in [-0.1, -0.05) is 47.0 Å². The van der Waals surface area contributed by atoms with Gasteiger partial charge < -0.3 is 0 Å². The number of carbonyl (C=O) groups excluding carboxylic acids is 1. The minimum atomic E-state index is 0.397. The van der Waals surface area contributed by atoms with E-state index in [4.69, 9.17) is 0 Å². The van der Waals surface area contributed by atoms with Gasteiger partial charge in [0.25, 0.3) is 0 Å². The van der Waals surface area contributed by atoms with Crippen LogP contribution < -0.4 is 0 Å². The van der Waals surface area contributed by atoms with Gasteiger partial charge in [0, 0.05) is 11.8 Å². The summed E-state index contributed by atoms with van der Waals surface area (Å²) in [5.41, 5.74) is 0.423. The Bertz CT molecular complexity index is 317. The van der Waals surface area contributed by atoms with Crippen LogP contribution >= 0.6 is 0 Å². The summed E-state index contributed by atoms with van der Waals surface area (Å²) in [5.74, 6) is 3.08. The molecule has 2 rings (SSSR count). The van der Waals surface area contributed by atoms with Crippen molar-refractivity contribution in [2.24, 2.45) is 29.1 Å². The zero-order valence-corrected chi connectivity index (χ0v) is 14.1. The van der Waals surface area contributed by atoms with E-state index in [2.05, 4.69) is 27.7 Å². The first-order valence-corrected chi connectivity index (χ1v) is 8.95. The lowest BCUT2D eigenvalue weighted by atomic mass is 9.67. The van der Waals surface area contributed by atoms with Crippen molar-refractivity contribution in [2.45, 2.75) is 85.5 Å². The lowest BCUT2D eigenvalue weighted by Crippen LogP contribution is -2.33. The van der Waals surface area contributed by atoms with Gasteiger partial charge in [0.1, 0.15) is 5.78 Å². The summed E-state index contributed by atoms with van der Waals surface area (Å²) in [4.78, 5) is 12.8. The summed E-state index contributed by atoms with van der Waals surface area (Å²) in [6.07, 6.45) is 11.1. The molecule has 2 fully saturated rings. The van der Waals surface area contributed by atoms with Crippen LogP contribution in [0.25, 0.3) is 0 Å². The average Bonchev–Trinajstić information content (AvgIpc) is 2.46. The molecule has 2 aliphatic carbocycles. The van der Waals surface area contributed by atoms with E-state index < -0.39 is 0 Å². The zero-order chi connectivity index (χ0) is 14.8. The standard InChI is InChI=1S/C19H34O/c1-5-14-7-6-8-16(13-14)18(20)15-9-11-17(12-10-15)19(2,3)4/h14-17H,5-13H2,1-4H3. The van der Waals surface area contributed by atoms with E-state index in [0.717, 1.165) is 24.7 Å². The molecule has 0 bridgehead atoms. The van der Waals surface area contributed by atoms with E-state index in [1.165, 1.54) is 44.9 Å². The molecule has 0 amide bonds. The Hall–Kier alpha value is -0.330. The van der Waals surface area contributed by atoms with E-state index in [9.17, 15) is 4.79 Å². The highest BCUT2D eigenvalue weighted by molar-refractivity contribution is 5.83. The Morgan fingerprint density at radius 2 is 1.60 bits per heavy atom. The second-order valence-electron chi connectivity index (χ2n) is 8.45. The van der Waals surface area contributed by atoms with Gasteiger partial charge >= 0.3 is 0 Å². The maximum absolute atomic E-state index is 12.8. The fourth-order valence-electron chi connectivity index (χ4n) is 4.50. The fraction of sp³-hybridized carbons (Fsp3) is 0.947. The monoisotopic (exact) mass is 278 g/mol. The van der Waals surface area contributed by atoms with E-state index in [1.807, 2.05) is 0 Å². The topological polar surface area (TPSA) is 17.1 Å². The van der Waals surface area contributed by atoms with Crippen LogP contribution in [-0.2, 0) is 4.79 Å². The Morgan fingerprint density at radius 3 is 2.15 bits per heavy atom. The number of hydrogen-bond acceptors (Lipinski definition) is 1. The van der Waals surface area contributed by atoms with Crippen LogP contribution in [0.5, 0.6) is 0 Å². The summed E-state index contributed by atoms with van der Waals surface area (Å²) in [7, 11) is 0. The molecule has 2 atom stereocenters. The molecule has 0 radical (unpaired) electrons. The van der Waals surface area contributed by atoms with E-state index in [0.29, 0.717) is 23.0 Å². The fourth-order valence-corrected chi connectivity index (χ4v) is 4.50. The molecular weight excluding hydrogens is 244 g/mol. The van der Waals surface area contributed by atoms with Crippen molar-refractivity contribution in [3.8, 4) is 0 Å². The molecule has 2 unspecified atom stereocenters. The van der Waals surface area contributed by atoms with E-state index >= 15 is 0 Å². The highest BCUT2D eigenvalue weighted by Gasteiger charge is 2.36. The Kier molecular flexibility index (Phi) is 5.31. The number of hydrogen-bond donors (Lipinski definition) is 0. The predicted molar refractivity (Wildman–Crippen MR) is 85.6 cm³/mol. The minimum Gasteiger partial charge on any atom is -0.299 e. The van der Waals surface area contributed by atoms with Crippen LogP contribution in [-0.4, -0.2) is 5.78 Å². The van der Waals surface area contributed by atoms with Gasteiger partial charge in [0.15, 0.2) is 0 Å². The first kappa shape index (κ1) is 16.0. The summed E-state index contributed by atoms with van der Waals surface area (Å²) in [6.45, 7) is 9.35. The average molecular weight is 278 g/mol. The van der Waals surface area contributed by atoms with Crippen LogP contribution in [0.3, 0.4) is 0 Å². The van der Waals surface area contributed by atoms with E-state index in [-0.39, 0.29) is 0 Å². The predicted octanol–water partition coefficient (Wildman–Crippen LogP) is 5.62. The lowest BCUT2D eigenvalue weighted by molar-refractivity contribution is -0.129. The number of rotatable bonds is 3. The van der Waals surface area contributed by atoms with Crippen LogP contribution in [0.1, 0.15) is 85.5 Å². The lowest BCUT2D eigenvalue weighted by Gasteiger charge is -2.38. The van der Waals surface area contributed by atoms with Crippen molar-refractivity contribution >= 4 is 5.78 Å². The second-order valence-corrected chi connectivity index (χ2v) is 8.45. The quantitative estimate of drug-likeness (QED) is 0.654. The van der Waals surface area contributed by atoms with Gasteiger partial charge in [-0.15, -0.1) is 0 Å². The van der Waals surface area contributed by atoms with Crippen molar-refractivity contribution in [1.82, 2.24) is 0 Å². The third-order valence-electron chi connectivity index (χ3n) is 6.12. The van der Waals surface area contributed by atoms with Gasteiger partial charge in [-0.2, -0.15) is 0 Å². The Labute approximate surface area is 125 Å². The van der Waals surface area contributed by atoms with Gasteiger partial charge in [-0.25, -0.2) is 0 Å². The second kappa shape index (κ2) is 6.62. The van der Waals surface area contributed by atoms with Crippen LogP contribution in [0.4, 0.5) is 0 Å². The van der Waals surface area contributed by atoms with Gasteiger partial charge in [0.05, 0.1) is 0 Å². The number of carbonyl (C=O) groups is 1. The summed E-state index contributed by atoms with van der Waals surface area (Å²) in [5, 5.41) is 0. The molecule has 116 valence electrons. The number of Topliss-reactive ketones (excluding diaryl/α,β-unsaturated/α-hetero) is 1. The molecule has 0 spiro atoms. The van der Waals surface area contributed by atoms with E-state index in [1.54, 1.807) is 0 Å². The molecule has 0 saturated heterocycles. The van der Waals surface area contributed by atoms with Gasteiger partial charge in [-0.3, -0.25) is 4.79 Å². The Balaban J connectivity index is 1.85. The van der Waals surface area contributed by atoms with Crippen molar-refractivity contribution in [3.05, 3.63) is 0 Å². The molecule has 2 saturated carbocycles. The third-order valence-corrected chi connectivity index (χ3v) is 6.12. The van der Waals surface area contributed by atoms with Crippen molar-refractivity contribution in [2.75, 3.05) is 0 Å². The third kappa shape index (κ3) is 3.86. The summed E-state index contributed by atoms with van der Waals surface area (Å²) in [6, 6.07) is 0. The zero-order valence-electron chi connectivity index (χ0n) is 14.1. The molecule has 0 aromatic rings. The van der Waals surface area contributed by atoms with Crippen molar-refractivity contribution < 1.29 is 4.79 Å². The maximum atomic E-state index is 12.8. The molecule has 1 heteroatoms. The molecular formula is C19H34O. The molecule has 0 aromatic heterocycles. The van der Waals surface area contributed by atoms with Gasteiger partial charge in [0.2, 0.25) is 0 Å². The largest absolute Gasteiger partial charge is 0.299 e. The Morgan fingerprint density at radius 1 is 0.950 bits per heavy atom. The molecule has 1 nitrogen and oxygen atoms in total. The molecule has 2 aliphatic rings. The highest BCUT2D eigenvalue weighted by Crippen LogP contribution is 2.42. The number of ketones is 1. The molecule has 0 heterocycles. The first-order chi connectivity index (χ1) is 9.41. The summed E-state index contributed by atoms with van der Waals surface area (Å²) < 4.78 is 0. The SMILES string of the molecule is CCC1CCCC(C(=O)C2CCC(C(C)(C)C)CC2)C1. The molecule has 0 aromatic carbocycles. The van der Waals surface area contributed by atoms with Crippen LogP contribution in [0, 0.1) is 29.1 Å². The maximum Gasteiger partial charge on any atom is 0.139 e. The highest BCUT2D eigenvalue weighted by atomic mass is 16.1. The summed E-state index contributed by atoms with van der Waals surface area (Å²) >= 11 is 0. The van der Waals surface area contributed by atoms with Crippen molar-refractivity contribution in [3.63, 3.8) is 0 Å². The molecule has 20 heavy (non-hydrogen) atoms. The molecule has 0 N–H and O–H groups in total. The van der Waals surface area contributed by atoms with Gasteiger partial charge in [-0.05, 0) is 55.8 Å². The van der Waals surface area contributed by atoms with Crippen LogP contribution in [0.15, 0.2) is 0 Å². The van der Waals surface area contributed by atoms with Crippen LogP contribution in [0.2, 0.25) is 0 Å². The minimum absolute atomic E-state index is 0.397. The van der Waals surface area contributed by atoms with Crippen molar-refractivity contribution in [1.29, 1.82) is 0 Å². The smallest absolute Gasteiger partial charge is 0.139 e. The normalized spacial score (nSPS) is 35.8. The molecule has 0 aliphatic heterocycles. The first-order valence-electron chi connectivity index (χ1n) is 8.95.